The van der Waals surface area contributed by atoms with E-state index in [1.165, 1.54) is 25.7 Å². The highest BCUT2D eigenvalue weighted by Crippen LogP contribution is 2.34. The molecule has 2 aliphatic rings. The number of nitrogens with zero attached hydrogens (tertiary/aromatic N) is 1. The Morgan fingerprint density at radius 2 is 2.13 bits per heavy atom. The van der Waals surface area contributed by atoms with E-state index >= 15 is 0 Å². The van der Waals surface area contributed by atoms with Gasteiger partial charge in [0.05, 0.1) is 6.61 Å². The van der Waals surface area contributed by atoms with Crippen LogP contribution in [0.4, 0.5) is 0 Å². The van der Waals surface area contributed by atoms with Crippen LogP contribution in [0.3, 0.4) is 0 Å². The third kappa shape index (κ3) is 2.71. The fourth-order valence-electron chi connectivity index (χ4n) is 2.80. The summed E-state index contributed by atoms with van der Waals surface area (Å²) in [6.07, 6.45) is 5.12. The maximum absolute atomic E-state index is 9.49. The first-order valence-electron chi connectivity index (χ1n) is 6.33. The third-order valence-electron chi connectivity index (χ3n) is 3.96. The molecule has 2 rings (SSSR count). The minimum atomic E-state index is 0.195. The van der Waals surface area contributed by atoms with Crippen molar-refractivity contribution in [1.29, 1.82) is 0 Å². The molecule has 0 aromatic rings. The molecule has 3 heteroatoms. The number of hydrogen-bond acceptors (Lipinski definition) is 3. The van der Waals surface area contributed by atoms with E-state index < -0.39 is 0 Å². The highest BCUT2D eigenvalue weighted by Gasteiger charge is 2.37. The molecule has 0 bridgehead atoms. The second-order valence-electron chi connectivity index (χ2n) is 5.41. The average Bonchev–Trinajstić information content (AvgIpc) is 3.02. The van der Waals surface area contributed by atoms with Crippen LogP contribution in [0.25, 0.3) is 0 Å². The molecule has 2 fully saturated rings. The zero-order chi connectivity index (χ0) is 10.8. The molecular formula is C12H24N2O. The van der Waals surface area contributed by atoms with Crippen molar-refractivity contribution in [3.05, 3.63) is 0 Å². The molecule has 0 aromatic heterocycles. The summed E-state index contributed by atoms with van der Waals surface area (Å²) < 4.78 is 0. The lowest BCUT2D eigenvalue weighted by Crippen LogP contribution is -2.53. The molecule has 0 radical (unpaired) electrons. The maximum Gasteiger partial charge on any atom is 0.0602 e. The molecule has 3 N–H and O–H groups in total. The van der Waals surface area contributed by atoms with Gasteiger partial charge < -0.3 is 10.8 Å². The van der Waals surface area contributed by atoms with Gasteiger partial charge in [0.2, 0.25) is 0 Å². The number of aliphatic hydroxyl groups is 1. The first-order valence-corrected chi connectivity index (χ1v) is 6.33. The van der Waals surface area contributed by atoms with Crippen LogP contribution in [0.15, 0.2) is 0 Å². The van der Waals surface area contributed by atoms with Gasteiger partial charge in [-0.15, -0.1) is 0 Å². The van der Waals surface area contributed by atoms with E-state index in [9.17, 15) is 5.11 Å². The van der Waals surface area contributed by atoms with Crippen LogP contribution < -0.4 is 5.73 Å². The Bertz CT molecular complexity index is 206. The molecule has 1 aliphatic heterocycles. The van der Waals surface area contributed by atoms with Crippen molar-refractivity contribution < 1.29 is 5.11 Å². The Labute approximate surface area is 92.6 Å². The minimum absolute atomic E-state index is 0.195. The summed E-state index contributed by atoms with van der Waals surface area (Å²) in [6.45, 7) is 4.76. The van der Waals surface area contributed by atoms with Crippen LogP contribution >= 0.6 is 0 Å². The summed E-state index contributed by atoms with van der Waals surface area (Å²) in [4.78, 5) is 2.41. The number of likely N-dealkylation sites (tertiary alicyclic amines) is 1. The molecule has 3 unspecified atom stereocenters. The highest BCUT2D eigenvalue weighted by molar-refractivity contribution is 4.94. The van der Waals surface area contributed by atoms with Crippen LogP contribution in [0.5, 0.6) is 0 Å². The molecule has 0 aromatic carbocycles. The van der Waals surface area contributed by atoms with Crippen LogP contribution in [0, 0.1) is 11.8 Å². The predicted molar refractivity (Wildman–Crippen MR) is 61.5 cm³/mol. The molecule has 1 saturated heterocycles. The van der Waals surface area contributed by atoms with Gasteiger partial charge in [0, 0.05) is 18.6 Å². The van der Waals surface area contributed by atoms with Crippen molar-refractivity contribution in [1.82, 2.24) is 4.90 Å². The standard InChI is InChI=1S/C12H24N2O/c1-9-3-2-6-14(7-9)11(8-15)12(13)10-4-5-10/h9-12,15H,2-8,13H2,1H3. The molecule has 3 atom stereocenters. The zero-order valence-corrected chi connectivity index (χ0v) is 9.73. The van der Waals surface area contributed by atoms with Crippen LogP contribution in [0.1, 0.15) is 32.6 Å². The van der Waals surface area contributed by atoms with Gasteiger partial charge in [-0.3, -0.25) is 4.90 Å². The van der Waals surface area contributed by atoms with E-state index in [0.717, 1.165) is 19.0 Å². The third-order valence-corrected chi connectivity index (χ3v) is 3.96. The Morgan fingerprint density at radius 1 is 1.40 bits per heavy atom. The van der Waals surface area contributed by atoms with E-state index in [-0.39, 0.29) is 18.7 Å². The van der Waals surface area contributed by atoms with Gasteiger partial charge in [0.15, 0.2) is 0 Å². The number of hydrogen-bond donors (Lipinski definition) is 2. The molecule has 1 aliphatic carbocycles. The Morgan fingerprint density at radius 3 is 2.67 bits per heavy atom. The molecular weight excluding hydrogens is 188 g/mol. The normalized spacial score (nSPS) is 32.6. The van der Waals surface area contributed by atoms with E-state index in [2.05, 4.69) is 11.8 Å². The van der Waals surface area contributed by atoms with Gasteiger partial charge in [0.25, 0.3) is 0 Å². The monoisotopic (exact) mass is 212 g/mol. The second-order valence-corrected chi connectivity index (χ2v) is 5.41. The minimum Gasteiger partial charge on any atom is -0.395 e. The molecule has 3 nitrogen and oxygen atoms in total. The van der Waals surface area contributed by atoms with Crippen molar-refractivity contribution >= 4 is 0 Å². The molecule has 0 spiro atoms. The SMILES string of the molecule is CC1CCCN(C(CO)C(N)C2CC2)C1. The smallest absolute Gasteiger partial charge is 0.0602 e. The maximum atomic E-state index is 9.49. The van der Waals surface area contributed by atoms with Gasteiger partial charge in [0.1, 0.15) is 0 Å². The van der Waals surface area contributed by atoms with Gasteiger partial charge >= 0.3 is 0 Å². The first-order chi connectivity index (χ1) is 7.22. The zero-order valence-electron chi connectivity index (χ0n) is 9.73. The van der Waals surface area contributed by atoms with Crippen LogP contribution in [-0.4, -0.2) is 41.8 Å². The quantitative estimate of drug-likeness (QED) is 0.725. The first kappa shape index (κ1) is 11.4. The summed E-state index contributed by atoms with van der Waals surface area (Å²) >= 11 is 0. The van der Waals surface area contributed by atoms with Crippen LogP contribution in [0.2, 0.25) is 0 Å². The number of piperidine rings is 1. The fourth-order valence-corrected chi connectivity index (χ4v) is 2.80. The number of nitrogens with two attached hydrogens (primary N) is 1. The summed E-state index contributed by atoms with van der Waals surface area (Å²) in [5, 5.41) is 9.49. The lowest BCUT2D eigenvalue weighted by atomic mass is 9.95. The molecule has 1 saturated carbocycles. The van der Waals surface area contributed by atoms with Gasteiger partial charge in [-0.25, -0.2) is 0 Å². The van der Waals surface area contributed by atoms with Crippen molar-refractivity contribution in [2.24, 2.45) is 17.6 Å². The van der Waals surface area contributed by atoms with Crippen LogP contribution in [-0.2, 0) is 0 Å². The van der Waals surface area contributed by atoms with Gasteiger partial charge in [-0.2, -0.15) is 0 Å². The van der Waals surface area contributed by atoms with Crippen molar-refractivity contribution in [3.63, 3.8) is 0 Å². The Hall–Kier alpha value is -0.120. The largest absolute Gasteiger partial charge is 0.395 e. The molecule has 15 heavy (non-hydrogen) atoms. The Kier molecular flexibility index (Phi) is 3.65. The molecule has 0 amide bonds. The predicted octanol–water partition coefficient (Wildman–Crippen LogP) is 0.816. The van der Waals surface area contributed by atoms with E-state index in [0.29, 0.717) is 5.92 Å². The van der Waals surface area contributed by atoms with E-state index in [1.807, 2.05) is 0 Å². The van der Waals surface area contributed by atoms with Crippen molar-refractivity contribution in [2.75, 3.05) is 19.7 Å². The second kappa shape index (κ2) is 4.81. The lowest BCUT2D eigenvalue weighted by Gasteiger charge is -2.39. The summed E-state index contributed by atoms with van der Waals surface area (Å²) in [5.74, 6) is 1.44. The van der Waals surface area contributed by atoms with E-state index in [4.69, 9.17) is 5.73 Å². The van der Waals surface area contributed by atoms with Crippen molar-refractivity contribution in [3.8, 4) is 0 Å². The Balaban J connectivity index is 1.91. The summed E-state index contributed by atoms with van der Waals surface area (Å²) in [7, 11) is 0. The fraction of sp³-hybridized carbons (Fsp3) is 1.00. The van der Waals surface area contributed by atoms with E-state index in [1.54, 1.807) is 0 Å². The van der Waals surface area contributed by atoms with Gasteiger partial charge in [-0.1, -0.05) is 6.92 Å². The number of rotatable bonds is 4. The van der Waals surface area contributed by atoms with Crippen molar-refractivity contribution in [2.45, 2.75) is 44.7 Å². The summed E-state index contributed by atoms with van der Waals surface area (Å²) in [5.41, 5.74) is 6.21. The summed E-state index contributed by atoms with van der Waals surface area (Å²) in [6, 6.07) is 0.403. The lowest BCUT2D eigenvalue weighted by molar-refractivity contribution is 0.0646. The molecule has 88 valence electrons. The topological polar surface area (TPSA) is 49.5 Å². The number of aliphatic hydroxyl groups excluding tert-OH is 1. The van der Waals surface area contributed by atoms with Gasteiger partial charge in [-0.05, 0) is 44.1 Å². The molecule has 1 heterocycles. The highest BCUT2D eigenvalue weighted by atomic mass is 16.3. The average molecular weight is 212 g/mol.